The monoisotopic (exact) mass is 355 g/mol. The minimum Gasteiger partial charge on any atom is -0.478 e. The Hall–Kier alpha value is -2.60. The third-order valence-electron chi connectivity index (χ3n) is 4.09. The summed E-state index contributed by atoms with van der Waals surface area (Å²) in [5.41, 5.74) is 2.65. The second kappa shape index (κ2) is 6.72. The molecule has 2 aromatic rings. The first-order valence-corrected chi connectivity index (χ1v) is 8.69. The Bertz CT molecular complexity index is 877. The van der Waals surface area contributed by atoms with Crippen LogP contribution in [0.25, 0.3) is 0 Å². The summed E-state index contributed by atoms with van der Waals surface area (Å²) in [5, 5.41) is 8.66. The molecule has 0 saturated carbocycles. The molecule has 1 N–H and O–H groups in total. The lowest BCUT2D eigenvalue weighted by molar-refractivity contribution is -0.121. The van der Waals surface area contributed by atoms with Gasteiger partial charge in [0, 0.05) is 11.3 Å². The first kappa shape index (κ1) is 17.2. The van der Waals surface area contributed by atoms with Crippen LogP contribution in [0.4, 0.5) is 5.69 Å². The van der Waals surface area contributed by atoms with Crippen molar-refractivity contribution in [3.63, 3.8) is 0 Å². The van der Waals surface area contributed by atoms with E-state index in [1.165, 1.54) is 11.0 Å². The van der Waals surface area contributed by atoms with Crippen LogP contribution < -0.4 is 4.90 Å². The van der Waals surface area contributed by atoms with E-state index in [0.29, 0.717) is 10.6 Å². The Morgan fingerprint density at radius 2 is 1.88 bits per heavy atom. The van der Waals surface area contributed by atoms with Crippen molar-refractivity contribution >= 4 is 35.2 Å². The third-order valence-corrected chi connectivity index (χ3v) is 5.35. The molecular weight excluding hydrogens is 338 g/mol. The molecule has 25 heavy (non-hydrogen) atoms. The van der Waals surface area contributed by atoms with Gasteiger partial charge in [0.05, 0.1) is 16.5 Å². The Kier molecular flexibility index (Phi) is 4.63. The van der Waals surface area contributed by atoms with Crippen LogP contribution in [0.3, 0.4) is 0 Å². The molecule has 1 heterocycles. The smallest absolute Gasteiger partial charge is 0.336 e. The first-order chi connectivity index (χ1) is 11.9. The number of amides is 2. The molecule has 1 aliphatic heterocycles. The Labute approximate surface area is 149 Å². The average Bonchev–Trinajstić information content (AvgIpc) is 2.82. The predicted molar refractivity (Wildman–Crippen MR) is 96.1 cm³/mol. The van der Waals surface area contributed by atoms with E-state index in [-0.39, 0.29) is 23.8 Å². The van der Waals surface area contributed by atoms with Crippen LogP contribution in [-0.2, 0) is 9.59 Å². The largest absolute Gasteiger partial charge is 0.478 e. The number of hydrogen-bond acceptors (Lipinski definition) is 4. The summed E-state index contributed by atoms with van der Waals surface area (Å²) in [6.07, 6.45) is 0.0603. The number of rotatable bonds is 4. The molecule has 5 nitrogen and oxygen atoms in total. The van der Waals surface area contributed by atoms with Gasteiger partial charge in [0.2, 0.25) is 11.8 Å². The quantitative estimate of drug-likeness (QED) is 0.851. The molecule has 0 radical (unpaired) electrons. The number of thioether (sulfide) groups is 1. The third kappa shape index (κ3) is 3.30. The number of aryl methyl sites for hydroxylation is 2. The molecule has 1 fully saturated rings. The van der Waals surface area contributed by atoms with E-state index in [1.807, 2.05) is 26.0 Å². The number of anilines is 1. The summed E-state index contributed by atoms with van der Waals surface area (Å²) in [7, 11) is 0. The summed E-state index contributed by atoms with van der Waals surface area (Å²) >= 11 is 1.13. The topological polar surface area (TPSA) is 74.7 Å². The maximum Gasteiger partial charge on any atom is 0.336 e. The van der Waals surface area contributed by atoms with Crippen molar-refractivity contribution in [2.45, 2.75) is 30.4 Å². The van der Waals surface area contributed by atoms with Crippen molar-refractivity contribution in [3.8, 4) is 0 Å². The van der Waals surface area contributed by atoms with Crippen molar-refractivity contribution in [1.29, 1.82) is 0 Å². The zero-order valence-corrected chi connectivity index (χ0v) is 14.7. The highest BCUT2D eigenvalue weighted by Gasteiger charge is 2.41. The van der Waals surface area contributed by atoms with Crippen molar-refractivity contribution in [2.75, 3.05) is 4.90 Å². The van der Waals surface area contributed by atoms with Crippen molar-refractivity contribution < 1.29 is 19.5 Å². The fourth-order valence-electron chi connectivity index (χ4n) is 2.90. The molecule has 0 aliphatic carbocycles. The standard InChI is InChI=1S/C19H17NO4S/c1-11-7-8-14(12(2)9-11)20-17(21)10-16(18(20)22)25-15-6-4-3-5-13(15)19(23)24/h3-9,16H,10H2,1-2H3,(H,23,24). The Morgan fingerprint density at radius 3 is 2.56 bits per heavy atom. The molecule has 128 valence electrons. The van der Waals surface area contributed by atoms with E-state index in [4.69, 9.17) is 0 Å². The van der Waals surface area contributed by atoms with E-state index in [0.717, 1.165) is 22.9 Å². The summed E-state index contributed by atoms with van der Waals surface area (Å²) in [5.74, 6) is -1.62. The molecular formula is C19H17NO4S. The fraction of sp³-hybridized carbons (Fsp3) is 0.211. The highest BCUT2D eigenvalue weighted by molar-refractivity contribution is 8.00. The lowest BCUT2D eigenvalue weighted by atomic mass is 10.1. The van der Waals surface area contributed by atoms with Crippen LogP contribution in [0.2, 0.25) is 0 Å². The molecule has 1 aliphatic rings. The number of hydrogen-bond donors (Lipinski definition) is 1. The average molecular weight is 355 g/mol. The first-order valence-electron chi connectivity index (χ1n) is 7.81. The highest BCUT2D eigenvalue weighted by atomic mass is 32.2. The fourth-order valence-corrected chi connectivity index (χ4v) is 4.08. The van der Waals surface area contributed by atoms with Crippen LogP contribution >= 0.6 is 11.8 Å². The summed E-state index contributed by atoms with van der Waals surface area (Å²) in [4.78, 5) is 38.2. The van der Waals surface area contributed by atoms with E-state index in [9.17, 15) is 19.5 Å². The van der Waals surface area contributed by atoms with Gasteiger partial charge in [0.25, 0.3) is 0 Å². The van der Waals surface area contributed by atoms with Crippen LogP contribution in [0.1, 0.15) is 27.9 Å². The van der Waals surface area contributed by atoms with Gasteiger partial charge in [-0.1, -0.05) is 29.8 Å². The zero-order valence-electron chi connectivity index (χ0n) is 13.9. The molecule has 6 heteroatoms. The summed E-state index contributed by atoms with van der Waals surface area (Å²) in [6.45, 7) is 3.81. The van der Waals surface area contributed by atoms with Crippen LogP contribution in [-0.4, -0.2) is 28.1 Å². The number of benzene rings is 2. The molecule has 2 aromatic carbocycles. The number of imide groups is 1. The molecule has 0 spiro atoms. The molecule has 1 saturated heterocycles. The number of carboxylic acids is 1. The van der Waals surface area contributed by atoms with Crippen molar-refractivity contribution in [1.82, 2.24) is 0 Å². The van der Waals surface area contributed by atoms with Gasteiger partial charge in [-0.15, -0.1) is 11.8 Å². The predicted octanol–water partition coefficient (Wildman–Crippen LogP) is 3.43. The highest BCUT2D eigenvalue weighted by Crippen LogP contribution is 2.36. The van der Waals surface area contributed by atoms with Gasteiger partial charge >= 0.3 is 5.97 Å². The number of carboxylic acid groups (broad SMARTS) is 1. The second-order valence-corrected chi connectivity index (χ2v) is 7.21. The van der Waals surface area contributed by atoms with Gasteiger partial charge in [-0.05, 0) is 37.6 Å². The molecule has 1 atom stereocenters. The number of carbonyl (C=O) groups is 3. The normalized spacial score (nSPS) is 17.2. The van der Waals surface area contributed by atoms with Gasteiger partial charge in [-0.2, -0.15) is 0 Å². The van der Waals surface area contributed by atoms with Crippen LogP contribution in [0, 0.1) is 13.8 Å². The molecule has 2 amide bonds. The van der Waals surface area contributed by atoms with E-state index >= 15 is 0 Å². The number of aromatic carboxylic acids is 1. The SMILES string of the molecule is Cc1ccc(N2C(=O)CC(Sc3ccccc3C(=O)O)C2=O)c(C)c1. The maximum absolute atomic E-state index is 12.8. The number of nitrogens with zero attached hydrogens (tertiary/aromatic N) is 1. The van der Waals surface area contributed by atoms with Gasteiger partial charge < -0.3 is 5.11 Å². The van der Waals surface area contributed by atoms with E-state index in [2.05, 4.69) is 0 Å². The van der Waals surface area contributed by atoms with Crippen molar-refractivity contribution in [3.05, 3.63) is 59.2 Å². The second-order valence-electron chi connectivity index (χ2n) is 5.97. The van der Waals surface area contributed by atoms with E-state index in [1.54, 1.807) is 24.3 Å². The Balaban J connectivity index is 1.88. The molecule has 3 rings (SSSR count). The zero-order chi connectivity index (χ0) is 18.1. The van der Waals surface area contributed by atoms with Gasteiger partial charge in [-0.3, -0.25) is 9.59 Å². The maximum atomic E-state index is 12.8. The van der Waals surface area contributed by atoms with Crippen LogP contribution in [0.15, 0.2) is 47.4 Å². The van der Waals surface area contributed by atoms with Crippen LogP contribution in [0.5, 0.6) is 0 Å². The minimum atomic E-state index is -1.05. The van der Waals surface area contributed by atoms with E-state index < -0.39 is 11.2 Å². The lowest BCUT2D eigenvalue weighted by Crippen LogP contribution is -2.31. The molecule has 0 aromatic heterocycles. The number of carbonyl (C=O) groups excluding carboxylic acids is 2. The van der Waals surface area contributed by atoms with Gasteiger partial charge in [0.15, 0.2) is 0 Å². The molecule has 1 unspecified atom stereocenters. The van der Waals surface area contributed by atoms with Crippen molar-refractivity contribution in [2.24, 2.45) is 0 Å². The van der Waals surface area contributed by atoms with Gasteiger partial charge in [-0.25, -0.2) is 9.69 Å². The summed E-state index contributed by atoms with van der Waals surface area (Å²) in [6, 6.07) is 12.1. The summed E-state index contributed by atoms with van der Waals surface area (Å²) < 4.78 is 0. The Morgan fingerprint density at radius 1 is 1.16 bits per heavy atom. The minimum absolute atomic E-state index is 0.0603. The van der Waals surface area contributed by atoms with Gasteiger partial charge in [0.1, 0.15) is 0 Å². The molecule has 0 bridgehead atoms. The lowest BCUT2D eigenvalue weighted by Gasteiger charge is -2.18.